The monoisotopic (exact) mass is 289 g/mol. The number of hydrogen-bond acceptors (Lipinski definition) is 3. The van der Waals surface area contributed by atoms with Crippen LogP contribution < -0.4 is 16.0 Å². The number of nitrogens with one attached hydrogen (secondary N) is 1. The Hall–Kier alpha value is -1.55. The van der Waals surface area contributed by atoms with Gasteiger partial charge in [-0.05, 0) is 55.5 Å². The van der Waals surface area contributed by atoms with Crippen LogP contribution in [0.25, 0.3) is 0 Å². The Labute approximate surface area is 127 Å². The first-order valence-corrected chi connectivity index (χ1v) is 7.93. The normalized spacial score (nSPS) is 17.6. The molecule has 1 unspecified atom stereocenters. The molecule has 116 valence electrons. The van der Waals surface area contributed by atoms with Crippen molar-refractivity contribution in [1.82, 2.24) is 0 Å². The number of rotatable bonds is 5. The van der Waals surface area contributed by atoms with E-state index in [0.29, 0.717) is 13.0 Å². The van der Waals surface area contributed by atoms with E-state index < -0.39 is 0 Å². The van der Waals surface area contributed by atoms with E-state index in [1.165, 1.54) is 18.5 Å². The van der Waals surface area contributed by atoms with Gasteiger partial charge in [0.1, 0.15) is 0 Å². The number of piperidine rings is 1. The van der Waals surface area contributed by atoms with Crippen molar-refractivity contribution in [1.29, 1.82) is 0 Å². The number of carbonyl (C=O) groups is 1. The highest BCUT2D eigenvalue weighted by molar-refractivity contribution is 5.91. The SMILES string of the molecule is CC1CCN(c2ccc(NC(=O)CC(C)CN)cc2)CC1. The lowest BCUT2D eigenvalue weighted by molar-refractivity contribution is -0.116. The van der Waals surface area contributed by atoms with Crippen LogP contribution in [0.15, 0.2) is 24.3 Å². The molecule has 1 saturated heterocycles. The van der Waals surface area contributed by atoms with Gasteiger partial charge in [-0.1, -0.05) is 13.8 Å². The minimum atomic E-state index is 0.0347. The molecule has 1 atom stereocenters. The van der Waals surface area contributed by atoms with Crippen molar-refractivity contribution in [2.75, 3.05) is 29.9 Å². The highest BCUT2D eigenvalue weighted by atomic mass is 16.1. The largest absolute Gasteiger partial charge is 0.372 e. The van der Waals surface area contributed by atoms with Gasteiger partial charge in [0.25, 0.3) is 0 Å². The number of amides is 1. The molecule has 2 rings (SSSR count). The van der Waals surface area contributed by atoms with Crippen LogP contribution in [0.5, 0.6) is 0 Å². The fraction of sp³-hybridized carbons (Fsp3) is 0.588. The van der Waals surface area contributed by atoms with Gasteiger partial charge in [0, 0.05) is 30.9 Å². The predicted octanol–water partition coefficient (Wildman–Crippen LogP) is 2.85. The van der Waals surface area contributed by atoms with Crippen LogP contribution in [0.2, 0.25) is 0 Å². The first kappa shape index (κ1) is 15.8. The maximum atomic E-state index is 11.8. The molecule has 1 fully saturated rings. The number of hydrogen-bond donors (Lipinski definition) is 2. The predicted molar refractivity (Wildman–Crippen MR) is 88.5 cm³/mol. The second-order valence-electron chi connectivity index (χ2n) is 6.31. The Morgan fingerprint density at radius 3 is 2.52 bits per heavy atom. The van der Waals surface area contributed by atoms with Crippen molar-refractivity contribution in [2.45, 2.75) is 33.1 Å². The molecule has 21 heavy (non-hydrogen) atoms. The summed E-state index contributed by atoms with van der Waals surface area (Å²) in [6, 6.07) is 8.16. The molecule has 0 aromatic heterocycles. The van der Waals surface area contributed by atoms with Crippen LogP contribution in [0.4, 0.5) is 11.4 Å². The summed E-state index contributed by atoms with van der Waals surface area (Å²) in [6.45, 7) is 7.10. The molecule has 4 nitrogen and oxygen atoms in total. The highest BCUT2D eigenvalue weighted by Gasteiger charge is 2.16. The van der Waals surface area contributed by atoms with Gasteiger partial charge in [-0.25, -0.2) is 0 Å². The van der Waals surface area contributed by atoms with Gasteiger partial charge >= 0.3 is 0 Å². The summed E-state index contributed by atoms with van der Waals surface area (Å²) in [5.74, 6) is 1.09. The van der Waals surface area contributed by atoms with Crippen molar-refractivity contribution in [3.8, 4) is 0 Å². The lowest BCUT2D eigenvalue weighted by atomic mass is 9.99. The molecule has 3 N–H and O–H groups in total. The van der Waals surface area contributed by atoms with Gasteiger partial charge in [0.2, 0.25) is 5.91 Å². The van der Waals surface area contributed by atoms with Gasteiger partial charge in [-0.15, -0.1) is 0 Å². The molecule has 4 heteroatoms. The third-order valence-electron chi connectivity index (χ3n) is 4.24. The Balaban J connectivity index is 1.88. The molecule has 1 aromatic rings. The first-order valence-electron chi connectivity index (χ1n) is 7.93. The summed E-state index contributed by atoms with van der Waals surface area (Å²) < 4.78 is 0. The van der Waals surface area contributed by atoms with Crippen molar-refractivity contribution in [2.24, 2.45) is 17.6 Å². The third kappa shape index (κ3) is 4.74. The van der Waals surface area contributed by atoms with E-state index in [2.05, 4.69) is 29.3 Å². The van der Waals surface area contributed by atoms with E-state index in [1.54, 1.807) is 0 Å². The summed E-state index contributed by atoms with van der Waals surface area (Å²) in [7, 11) is 0. The Bertz CT molecular complexity index is 450. The smallest absolute Gasteiger partial charge is 0.224 e. The van der Waals surface area contributed by atoms with Crippen LogP contribution in [0, 0.1) is 11.8 Å². The van der Waals surface area contributed by atoms with Crippen LogP contribution in [-0.4, -0.2) is 25.5 Å². The summed E-state index contributed by atoms with van der Waals surface area (Å²) >= 11 is 0. The molecule has 0 saturated carbocycles. The Morgan fingerprint density at radius 2 is 1.95 bits per heavy atom. The van der Waals surface area contributed by atoms with Crippen LogP contribution in [0.1, 0.15) is 33.1 Å². The van der Waals surface area contributed by atoms with Crippen molar-refractivity contribution in [3.05, 3.63) is 24.3 Å². The lowest BCUT2D eigenvalue weighted by Crippen LogP contribution is -2.32. The van der Waals surface area contributed by atoms with Crippen LogP contribution in [-0.2, 0) is 4.79 Å². The molecule has 0 radical (unpaired) electrons. The Morgan fingerprint density at radius 1 is 1.33 bits per heavy atom. The number of anilines is 2. The van der Waals surface area contributed by atoms with E-state index in [-0.39, 0.29) is 11.8 Å². The fourth-order valence-corrected chi connectivity index (χ4v) is 2.63. The van der Waals surface area contributed by atoms with Crippen LogP contribution in [0.3, 0.4) is 0 Å². The lowest BCUT2D eigenvalue weighted by Gasteiger charge is -2.32. The van der Waals surface area contributed by atoms with Gasteiger partial charge in [-0.3, -0.25) is 4.79 Å². The molecule has 0 bridgehead atoms. The number of carbonyl (C=O) groups excluding carboxylic acids is 1. The van der Waals surface area contributed by atoms with Gasteiger partial charge in [-0.2, -0.15) is 0 Å². The summed E-state index contributed by atoms with van der Waals surface area (Å²) in [4.78, 5) is 14.2. The standard InChI is InChI=1S/C17H27N3O/c1-13-7-9-20(10-8-13)16-5-3-15(4-6-16)19-17(21)11-14(2)12-18/h3-6,13-14H,7-12,18H2,1-2H3,(H,19,21). The molecule has 1 heterocycles. The van der Waals surface area contributed by atoms with Crippen molar-refractivity contribution in [3.63, 3.8) is 0 Å². The summed E-state index contributed by atoms with van der Waals surface area (Å²) in [5.41, 5.74) is 7.65. The Kier molecular flexibility index (Phi) is 5.62. The summed E-state index contributed by atoms with van der Waals surface area (Å²) in [5, 5.41) is 2.93. The molecular formula is C17H27N3O. The highest BCUT2D eigenvalue weighted by Crippen LogP contribution is 2.24. The minimum Gasteiger partial charge on any atom is -0.372 e. The second-order valence-corrected chi connectivity index (χ2v) is 6.31. The third-order valence-corrected chi connectivity index (χ3v) is 4.24. The van der Waals surface area contributed by atoms with E-state index in [0.717, 1.165) is 24.7 Å². The van der Waals surface area contributed by atoms with Gasteiger partial charge in [0.15, 0.2) is 0 Å². The van der Waals surface area contributed by atoms with Gasteiger partial charge in [0.05, 0.1) is 0 Å². The maximum absolute atomic E-state index is 11.8. The molecule has 1 aromatic carbocycles. The zero-order valence-electron chi connectivity index (χ0n) is 13.1. The van der Waals surface area contributed by atoms with E-state index in [4.69, 9.17) is 5.73 Å². The molecule has 1 aliphatic rings. The van der Waals surface area contributed by atoms with Crippen molar-refractivity contribution >= 4 is 17.3 Å². The maximum Gasteiger partial charge on any atom is 0.224 e. The quantitative estimate of drug-likeness (QED) is 0.876. The first-order chi connectivity index (χ1) is 10.1. The van der Waals surface area contributed by atoms with E-state index in [9.17, 15) is 4.79 Å². The average Bonchev–Trinajstić information content (AvgIpc) is 2.48. The second kappa shape index (κ2) is 7.46. The van der Waals surface area contributed by atoms with E-state index in [1.807, 2.05) is 19.1 Å². The number of benzene rings is 1. The average molecular weight is 289 g/mol. The minimum absolute atomic E-state index is 0.0347. The molecule has 0 spiro atoms. The molecule has 1 aliphatic heterocycles. The fourth-order valence-electron chi connectivity index (χ4n) is 2.63. The summed E-state index contributed by atoms with van der Waals surface area (Å²) in [6.07, 6.45) is 2.99. The number of nitrogens with two attached hydrogens (primary N) is 1. The molecule has 1 amide bonds. The number of nitrogens with zero attached hydrogens (tertiary/aromatic N) is 1. The van der Waals surface area contributed by atoms with Crippen molar-refractivity contribution < 1.29 is 4.79 Å². The topological polar surface area (TPSA) is 58.4 Å². The zero-order chi connectivity index (χ0) is 15.2. The van der Waals surface area contributed by atoms with Crippen LogP contribution >= 0.6 is 0 Å². The molecular weight excluding hydrogens is 262 g/mol. The zero-order valence-corrected chi connectivity index (χ0v) is 13.1. The van der Waals surface area contributed by atoms with Gasteiger partial charge < -0.3 is 16.0 Å². The van der Waals surface area contributed by atoms with E-state index >= 15 is 0 Å². The molecule has 0 aliphatic carbocycles.